The van der Waals surface area contributed by atoms with Gasteiger partial charge in [0.2, 0.25) is 0 Å². The van der Waals surface area contributed by atoms with Gasteiger partial charge in [0.05, 0.1) is 5.56 Å². The second-order valence-electron chi connectivity index (χ2n) is 11.0. The highest BCUT2D eigenvalue weighted by atomic mass is 19.1. The van der Waals surface area contributed by atoms with E-state index in [1.54, 1.807) is 11.0 Å². The maximum absolute atomic E-state index is 13.5. The first-order chi connectivity index (χ1) is 18.4. The van der Waals surface area contributed by atoms with Crippen molar-refractivity contribution in [2.75, 3.05) is 13.1 Å². The number of benzene rings is 2. The van der Waals surface area contributed by atoms with Crippen molar-refractivity contribution in [2.45, 2.75) is 69.6 Å². The monoisotopic (exact) mass is 516 g/mol. The van der Waals surface area contributed by atoms with Crippen LogP contribution in [0.3, 0.4) is 0 Å². The summed E-state index contributed by atoms with van der Waals surface area (Å²) in [6.07, 6.45) is 9.38. The average Bonchev–Trinajstić information content (AvgIpc) is 3.15. The van der Waals surface area contributed by atoms with Crippen LogP contribution in [0.5, 0.6) is 0 Å². The van der Waals surface area contributed by atoms with E-state index in [0.717, 1.165) is 62.3 Å². The number of fused-ring (bicyclic) bond motifs is 3. The van der Waals surface area contributed by atoms with Crippen LogP contribution < -0.4 is 10.0 Å². The number of carbonyl (C=O) groups excluding carboxylic acids is 2. The molecule has 198 valence electrons. The van der Waals surface area contributed by atoms with Crippen LogP contribution in [0.25, 0.3) is 10.8 Å². The average molecular weight is 517 g/mol. The number of halogens is 1. The lowest BCUT2D eigenvalue weighted by Crippen LogP contribution is -2.50. The van der Waals surface area contributed by atoms with E-state index in [-0.39, 0.29) is 34.8 Å². The lowest BCUT2D eigenvalue weighted by molar-refractivity contribution is -0.605. The molecule has 3 aliphatic heterocycles. The standard InChI is InChI=1S/C30H33FN4O3/c31-23-7-6-21-14-20(4-5-22(21)15-23)18-35-25-8-9-26(35)17-24(16-25)32-29(36)27-10-13-34(38)19-28(27)30(37)33-11-2-1-3-12-33/h4-7,10,13-15,19,24-26H,1-3,8-9,11-12,16-18H2,(H,32,36)/t24?,25-,26+. The molecule has 0 saturated carbocycles. The first kappa shape index (κ1) is 24.8. The molecule has 0 spiro atoms. The zero-order valence-corrected chi connectivity index (χ0v) is 21.4. The van der Waals surface area contributed by atoms with E-state index in [1.165, 1.54) is 30.1 Å². The van der Waals surface area contributed by atoms with Crippen LogP contribution in [-0.4, -0.2) is 52.8 Å². The smallest absolute Gasteiger partial charge is 0.260 e. The quantitative estimate of drug-likeness (QED) is 0.408. The van der Waals surface area contributed by atoms with E-state index < -0.39 is 0 Å². The summed E-state index contributed by atoms with van der Waals surface area (Å²) >= 11 is 0. The van der Waals surface area contributed by atoms with Crippen LogP contribution in [-0.2, 0) is 6.54 Å². The number of pyridine rings is 1. The number of nitrogens with zero attached hydrogens (tertiary/aromatic N) is 3. The summed E-state index contributed by atoms with van der Waals surface area (Å²) in [6, 6.07) is 13.3. The lowest BCUT2D eigenvalue weighted by Gasteiger charge is -2.39. The van der Waals surface area contributed by atoms with Crippen LogP contribution in [0.1, 0.15) is 71.2 Å². The predicted octanol–water partition coefficient (Wildman–Crippen LogP) is 4.16. The van der Waals surface area contributed by atoms with Crippen LogP contribution in [0.4, 0.5) is 4.39 Å². The predicted molar refractivity (Wildman–Crippen MR) is 142 cm³/mol. The molecule has 3 fully saturated rings. The fraction of sp³-hybridized carbons (Fsp3) is 0.433. The molecule has 7 nitrogen and oxygen atoms in total. The number of rotatable bonds is 5. The molecule has 3 aromatic rings. The molecule has 3 saturated heterocycles. The van der Waals surface area contributed by atoms with E-state index in [9.17, 15) is 19.2 Å². The number of hydrogen-bond donors (Lipinski definition) is 1. The molecule has 0 aliphatic carbocycles. The Bertz CT molecular complexity index is 1360. The first-order valence-corrected chi connectivity index (χ1v) is 13.7. The normalized spacial score (nSPS) is 23.5. The van der Waals surface area contributed by atoms with Crippen molar-refractivity contribution < 1.29 is 18.7 Å². The third-order valence-electron chi connectivity index (χ3n) is 8.50. The molecule has 4 heterocycles. The van der Waals surface area contributed by atoms with E-state index >= 15 is 0 Å². The Morgan fingerprint density at radius 2 is 1.66 bits per heavy atom. The first-order valence-electron chi connectivity index (χ1n) is 13.7. The fourth-order valence-corrected chi connectivity index (χ4v) is 6.60. The van der Waals surface area contributed by atoms with E-state index in [4.69, 9.17) is 0 Å². The van der Waals surface area contributed by atoms with Crippen LogP contribution in [0.15, 0.2) is 54.9 Å². The molecule has 38 heavy (non-hydrogen) atoms. The Kier molecular flexibility index (Phi) is 6.74. The molecular weight excluding hydrogens is 483 g/mol. The van der Waals surface area contributed by atoms with E-state index in [2.05, 4.69) is 22.3 Å². The highest BCUT2D eigenvalue weighted by Crippen LogP contribution is 2.37. The van der Waals surface area contributed by atoms with E-state index in [1.807, 2.05) is 12.1 Å². The van der Waals surface area contributed by atoms with Gasteiger partial charge >= 0.3 is 0 Å². The Morgan fingerprint density at radius 3 is 2.42 bits per heavy atom. The summed E-state index contributed by atoms with van der Waals surface area (Å²) in [4.78, 5) is 30.8. The molecule has 2 amide bonds. The fourth-order valence-electron chi connectivity index (χ4n) is 6.60. The summed E-state index contributed by atoms with van der Waals surface area (Å²) in [7, 11) is 0. The van der Waals surface area contributed by atoms with Crippen molar-refractivity contribution in [1.82, 2.24) is 15.1 Å². The summed E-state index contributed by atoms with van der Waals surface area (Å²) in [5, 5.41) is 17.1. The summed E-state index contributed by atoms with van der Waals surface area (Å²) < 4.78 is 14.1. The molecule has 2 bridgehead atoms. The second kappa shape index (κ2) is 10.3. The van der Waals surface area contributed by atoms with Gasteiger partial charge in [-0.15, -0.1) is 0 Å². The highest BCUT2D eigenvalue weighted by Gasteiger charge is 2.41. The summed E-state index contributed by atoms with van der Waals surface area (Å²) in [5.41, 5.74) is 1.66. The number of amides is 2. The molecule has 2 aromatic carbocycles. The summed E-state index contributed by atoms with van der Waals surface area (Å²) in [6.45, 7) is 2.15. The molecule has 8 heteroatoms. The van der Waals surface area contributed by atoms with Gasteiger partial charge in [0.25, 0.3) is 11.8 Å². The minimum atomic E-state index is -0.287. The third-order valence-corrected chi connectivity index (χ3v) is 8.50. The number of aromatic nitrogens is 1. The molecule has 1 unspecified atom stereocenters. The van der Waals surface area contributed by atoms with Gasteiger partial charge in [-0.25, -0.2) is 4.39 Å². The number of nitrogens with one attached hydrogen (secondary N) is 1. The van der Waals surface area contributed by atoms with Crippen molar-refractivity contribution in [3.8, 4) is 0 Å². The van der Waals surface area contributed by atoms with Crippen molar-refractivity contribution in [1.29, 1.82) is 0 Å². The maximum Gasteiger partial charge on any atom is 0.260 e. The Labute approximate surface area is 221 Å². The molecule has 1 aromatic heterocycles. The SMILES string of the molecule is O=C(NC1C[C@H]2CC[C@@H](C1)N2Cc1ccc2cc(F)ccc2c1)c1cc[n+]([O-])cc1C(=O)N1CCCCC1. The van der Waals surface area contributed by atoms with Crippen LogP contribution >= 0.6 is 0 Å². The Morgan fingerprint density at radius 1 is 0.947 bits per heavy atom. The van der Waals surface area contributed by atoms with Gasteiger partial charge in [0.15, 0.2) is 12.4 Å². The van der Waals surface area contributed by atoms with Gasteiger partial charge in [-0.05, 0) is 79.5 Å². The molecule has 3 atom stereocenters. The minimum absolute atomic E-state index is 0.0216. The van der Waals surface area contributed by atoms with Gasteiger partial charge in [-0.1, -0.05) is 18.2 Å². The number of piperidine rings is 2. The zero-order valence-electron chi connectivity index (χ0n) is 21.4. The number of carbonyl (C=O) groups is 2. The Hall–Kier alpha value is -3.52. The molecule has 3 aliphatic rings. The van der Waals surface area contributed by atoms with Gasteiger partial charge in [0, 0.05) is 43.8 Å². The van der Waals surface area contributed by atoms with Gasteiger partial charge in [-0.2, -0.15) is 4.73 Å². The van der Waals surface area contributed by atoms with Crippen LogP contribution in [0, 0.1) is 11.0 Å². The highest BCUT2D eigenvalue weighted by molar-refractivity contribution is 6.06. The lowest BCUT2D eigenvalue weighted by atomic mass is 9.95. The molecule has 0 radical (unpaired) electrons. The molecule has 6 rings (SSSR count). The number of hydrogen-bond acceptors (Lipinski definition) is 4. The van der Waals surface area contributed by atoms with Crippen molar-refractivity contribution in [3.05, 3.63) is 82.6 Å². The Balaban J connectivity index is 1.13. The van der Waals surface area contributed by atoms with Crippen molar-refractivity contribution in [2.24, 2.45) is 0 Å². The van der Waals surface area contributed by atoms with Gasteiger partial charge < -0.3 is 15.4 Å². The van der Waals surface area contributed by atoms with Crippen molar-refractivity contribution in [3.63, 3.8) is 0 Å². The number of likely N-dealkylation sites (tertiary alicyclic amines) is 1. The molecular formula is C30H33FN4O3. The maximum atomic E-state index is 13.5. The topological polar surface area (TPSA) is 79.6 Å². The largest absolute Gasteiger partial charge is 0.619 e. The van der Waals surface area contributed by atoms with Crippen LogP contribution in [0.2, 0.25) is 0 Å². The minimum Gasteiger partial charge on any atom is -0.619 e. The summed E-state index contributed by atoms with van der Waals surface area (Å²) in [5.74, 6) is -0.753. The third kappa shape index (κ3) is 4.97. The van der Waals surface area contributed by atoms with Crippen molar-refractivity contribution >= 4 is 22.6 Å². The second-order valence-corrected chi connectivity index (χ2v) is 11.0. The molecule has 1 N–H and O–H groups in total. The zero-order chi connectivity index (χ0) is 26.2. The van der Waals surface area contributed by atoms with Gasteiger partial charge in [0.1, 0.15) is 11.4 Å². The van der Waals surface area contributed by atoms with Gasteiger partial charge in [-0.3, -0.25) is 14.5 Å². The van der Waals surface area contributed by atoms with E-state index in [0.29, 0.717) is 29.9 Å².